The Kier molecular flexibility index (Phi) is 7.02. The van der Waals surface area contributed by atoms with Crippen LogP contribution < -0.4 is 4.90 Å². The van der Waals surface area contributed by atoms with Crippen molar-refractivity contribution in [1.29, 1.82) is 0 Å². The van der Waals surface area contributed by atoms with E-state index in [0.29, 0.717) is 5.41 Å². The van der Waals surface area contributed by atoms with Crippen LogP contribution >= 0.6 is 11.3 Å². The number of para-hydroxylation sites is 2. The van der Waals surface area contributed by atoms with E-state index in [1.54, 1.807) is 5.56 Å². The Balaban J connectivity index is 0.964. The second-order valence-electron chi connectivity index (χ2n) is 16.8. The van der Waals surface area contributed by atoms with Gasteiger partial charge in [0.15, 0.2) is 0 Å². The molecule has 4 aliphatic carbocycles. The minimum atomic E-state index is 0.389. The maximum atomic E-state index is 2.50. The fourth-order valence-electron chi connectivity index (χ4n) is 11.6. The van der Waals surface area contributed by atoms with Gasteiger partial charge in [-0.3, -0.25) is 0 Å². The van der Waals surface area contributed by atoms with Crippen molar-refractivity contribution >= 4 is 70.4 Å². The third kappa shape index (κ3) is 4.99. The van der Waals surface area contributed by atoms with Gasteiger partial charge in [-0.05, 0) is 145 Å². The fourth-order valence-corrected chi connectivity index (χ4v) is 12.8. The second kappa shape index (κ2) is 12.2. The zero-order valence-corrected chi connectivity index (χ0v) is 31.7. The zero-order valence-electron chi connectivity index (χ0n) is 30.9. The molecule has 2 aromatic heterocycles. The van der Waals surface area contributed by atoms with Gasteiger partial charge in [0, 0.05) is 43.3 Å². The Bertz CT molecular complexity index is 2860. The fraction of sp³-hybridized carbons (Fsp3) is 0.192. The molecule has 13 rings (SSSR count). The summed E-state index contributed by atoms with van der Waals surface area (Å²) in [5, 5.41) is 5.21. The lowest BCUT2D eigenvalue weighted by atomic mass is 9.48. The molecule has 55 heavy (non-hydrogen) atoms. The summed E-state index contributed by atoms with van der Waals surface area (Å²) in [6.07, 6.45) is 8.61. The monoisotopic (exact) mass is 726 g/mol. The van der Waals surface area contributed by atoms with Crippen LogP contribution in [0.3, 0.4) is 0 Å². The Morgan fingerprint density at radius 2 is 1.09 bits per heavy atom. The number of rotatable bonds is 6. The van der Waals surface area contributed by atoms with Gasteiger partial charge in [0.25, 0.3) is 0 Å². The largest absolute Gasteiger partial charge is 0.309 e. The van der Waals surface area contributed by atoms with E-state index in [-0.39, 0.29) is 0 Å². The van der Waals surface area contributed by atoms with Gasteiger partial charge in [0.2, 0.25) is 0 Å². The summed E-state index contributed by atoms with van der Waals surface area (Å²) < 4.78 is 5.05. The van der Waals surface area contributed by atoms with Crippen LogP contribution in [0.1, 0.15) is 44.1 Å². The molecule has 0 saturated heterocycles. The average molecular weight is 727 g/mol. The summed E-state index contributed by atoms with van der Waals surface area (Å²) in [6, 6.07) is 61.3. The van der Waals surface area contributed by atoms with Crippen molar-refractivity contribution in [3.63, 3.8) is 0 Å². The molecule has 0 amide bonds. The van der Waals surface area contributed by atoms with Gasteiger partial charge in [-0.2, -0.15) is 0 Å². The van der Waals surface area contributed by atoms with Crippen LogP contribution in [0.2, 0.25) is 0 Å². The Morgan fingerprint density at radius 3 is 1.84 bits per heavy atom. The molecule has 0 N–H and O–H groups in total. The number of nitrogens with zero attached hydrogens (tertiary/aromatic N) is 2. The molecule has 0 unspecified atom stereocenters. The summed E-state index contributed by atoms with van der Waals surface area (Å²) in [5.74, 6) is 2.82. The van der Waals surface area contributed by atoms with Gasteiger partial charge in [-0.1, -0.05) is 97.1 Å². The number of hydrogen-bond donors (Lipinski definition) is 0. The number of thiophene rings is 1. The summed E-state index contributed by atoms with van der Waals surface area (Å²) in [7, 11) is 0. The molecule has 4 fully saturated rings. The Morgan fingerprint density at radius 1 is 0.491 bits per heavy atom. The number of fused-ring (bicyclic) bond motifs is 6. The average Bonchev–Trinajstić information content (AvgIpc) is 3.77. The van der Waals surface area contributed by atoms with Crippen molar-refractivity contribution < 1.29 is 0 Å². The molecule has 0 aliphatic heterocycles. The van der Waals surface area contributed by atoms with Gasteiger partial charge in [-0.15, -0.1) is 11.3 Å². The first-order chi connectivity index (χ1) is 27.2. The third-order valence-electron chi connectivity index (χ3n) is 13.5. The third-order valence-corrected chi connectivity index (χ3v) is 14.8. The first-order valence-electron chi connectivity index (χ1n) is 20.2. The van der Waals surface area contributed by atoms with Crippen molar-refractivity contribution in [2.75, 3.05) is 4.90 Å². The van der Waals surface area contributed by atoms with E-state index >= 15 is 0 Å². The molecule has 266 valence electrons. The first kappa shape index (κ1) is 31.7. The van der Waals surface area contributed by atoms with Crippen molar-refractivity contribution in [3.05, 3.63) is 169 Å². The standard InChI is InChI=1S/C52H42N2S/c1-2-9-40(10-3-1)54-47-14-6-4-11-43(47)46-30-38(19-26-48(46)54)37-17-22-41(23-18-37)53(49-15-8-13-45-44-12-5-7-16-50(44)55-51(45)49)42-24-20-39(21-25-42)52-31-34-27-35(32-52)29-36(28-34)33-52/h1-26,30,34-36H,27-29,31-33H2. The van der Waals surface area contributed by atoms with Gasteiger partial charge in [0.05, 0.1) is 21.4 Å². The highest BCUT2D eigenvalue weighted by Gasteiger charge is 2.51. The molecule has 4 bridgehead atoms. The lowest BCUT2D eigenvalue weighted by Crippen LogP contribution is -2.48. The summed E-state index contributed by atoms with van der Waals surface area (Å²) in [6.45, 7) is 0. The van der Waals surface area contributed by atoms with E-state index in [1.165, 1.54) is 114 Å². The molecule has 2 heterocycles. The van der Waals surface area contributed by atoms with E-state index in [2.05, 4.69) is 173 Å². The van der Waals surface area contributed by atoms with Crippen molar-refractivity contribution in [2.45, 2.75) is 43.9 Å². The Labute approximate surface area is 326 Å². The normalized spacial score (nSPS) is 21.6. The number of aromatic nitrogens is 1. The van der Waals surface area contributed by atoms with Gasteiger partial charge < -0.3 is 9.47 Å². The van der Waals surface area contributed by atoms with Crippen LogP contribution in [0.4, 0.5) is 17.1 Å². The highest BCUT2D eigenvalue weighted by Crippen LogP contribution is 2.61. The molecule has 3 heteroatoms. The van der Waals surface area contributed by atoms with Gasteiger partial charge in [0.1, 0.15) is 0 Å². The molecular formula is C52H42N2S. The smallest absolute Gasteiger partial charge is 0.0640 e. The highest BCUT2D eigenvalue weighted by molar-refractivity contribution is 7.26. The SMILES string of the molecule is c1ccc(-n2c3ccccc3c3cc(-c4ccc(N(c5ccc(C67CC8CC(CC(C8)C6)C7)cc5)c5cccc6c5sc5ccccc56)cc4)ccc32)cc1. The molecule has 4 saturated carbocycles. The summed E-state index contributed by atoms with van der Waals surface area (Å²) in [4.78, 5) is 2.50. The lowest BCUT2D eigenvalue weighted by Gasteiger charge is -2.57. The first-order valence-corrected chi connectivity index (χ1v) is 21.0. The minimum Gasteiger partial charge on any atom is -0.309 e. The number of benzene rings is 7. The molecule has 0 atom stereocenters. The number of anilines is 3. The quantitative estimate of drug-likeness (QED) is 0.166. The lowest BCUT2D eigenvalue weighted by molar-refractivity contribution is -0.00518. The molecule has 0 radical (unpaired) electrons. The van der Waals surface area contributed by atoms with Crippen molar-refractivity contribution in [3.8, 4) is 16.8 Å². The minimum absolute atomic E-state index is 0.389. The molecule has 2 nitrogen and oxygen atoms in total. The van der Waals surface area contributed by atoms with Crippen LogP contribution in [0, 0.1) is 17.8 Å². The Hall–Kier alpha value is -5.64. The summed E-state index contributed by atoms with van der Waals surface area (Å²) >= 11 is 1.91. The zero-order chi connectivity index (χ0) is 36.1. The predicted molar refractivity (Wildman–Crippen MR) is 234 cm³/mol. The molecule has 4 aliphatic rings. The van der Waals surface area contributed by atoms with E-state index < -0.39 is 0 Å². The van der Waals surface area contributed by atoms with Crippen molar-refractivity contribution in [1.82, 2.24) is 4.57 Å². The van der Waals surface area contributed by atoms with E-state index in [9.17, 15) is 0 Å². The van der Waals surface area contributed by atoms with E-state index in [1.807, 2.05) is 11.3 Å². The maximum absolute atomic E-state index is 2.50. The van der Waals surface area contributed by atoms with E-state index in [4.69, 9.17) is 0 Å². The molecule has 9 aromatic rings. The summed E-state index contributed by atoms with van der Waals surface area (Å²) in [5.41, 5.74) is 11.7. The van der Waals surface area contributed by atoms with Crippen molar-refractivity contribution in [2.24, 2.45) is 17.8 Å². The van der Waals surface area contributed by atoms with Crippen LogP contribution in [0.5, 0.6) is 0 Å². The molecular weight excluding hydrogens is 685 g/mol. The highest BCUT2D eigenvalue weighted by atomic mass is 32.1. The number of hydrogen-bond acceptors (Lipinski definition) is 2. The van der Waals surface area contributed by atoms with Crippen LogP contribution in [-0.2, 0) is 5.41 Å². The van der Waals surface area contributed by atoms with Crippen LogP contribution in [0.15, 0.2) is 164 Å². The van der Waals surface area contributed by atoms with Gasteiger partial charge >= 0.3 is 0 Å². The molecule has 7 aromatic carbocycles. The second-order valence-corrected chi connectivity index (χ2v) is 17.9. The topological polar surface area (TPSA) is 8.17 Å². The van der Waals surface area contributed by atoms with Gasteiger partial charge in [-0.25, -0.2) is 0 Å². The van der Waals surface area contributed by atoms with Crippen LogP contribution in [0.25, 0.3) is 58.8 Å². The molecule has 0 spiro atoms. The van der Waals surface area contributed by atoms with E-state index in [0.717, 1.165) is 17.8 Å². The van der Waals surface area contributed by atoms with Crippen LogP contribution in [-0.4, -0.2) is 4.57 Å². The maximum Gasteiger partial charge on any atom is 0.0640 e. The predicted octanol–water partition coefficient (Wildman–Crippen LogP) is 14.8.